The number of nitrogens with two attached hydrogens (primary N) is 1. The van der Waals surface area contributed by atoms with Crippen LogP contribution in [0.1, 0.15) is 58.3 Å². The Morgan fingerprint density at radius 2 is 2.05 bits per heavy atom. The number of hydrogen-bond donors (Lipinski definition) is 2. The van der Waals surface area contributed by atoms with E-state index in [0.29, 0.717) is 17.2 Å². The standard InChI is InChI=1S/C28H33N7OS/c1-18(9-10-21-20(3)22(11-12-28(21,4)5)34-14-13-30-17-34)7-6-8-19(2)15-23(36)35-26(37)24-25(32-16-31-24)33-27(35)29/h6-10,13-17,22H,11-12H2,1-5H3,(H2,29,33)(H,31,32)/b8-6+,10-9+,18-7+,19-15+. The zero-order chi connectivity index (χ0) is 26.7. The van der Waals surface area contributed by atoms with Crippen LogP contribution in [0.15, 0.2) is 83.8 Å². The molecule has 0 amide bonds. The molecule has 1 aliphatic carbocycles. The van der Waals surface area contributed by atoms with E-state index in [1.807, 2.05) is 43.9 Å². The van der Waals surface area contributed by atoms with E-state index in [9.17, 15) is 4.79 Å². The van der Waals surface area contributed by atoms with Gasteiger partial charge in [0, 0.05) is 18.5 Å². The number of imidazole rings is 2. The second-order valence-electron chi connectivity index (χ2n) is 10.1. The molecule has 1 atom stereocenters. The lowest BCUT2D eigenvalue weighted by Gasteiger charge is -2.37. The van der Waals surface area contributed by atoms with Gasteiger partial charge in [-0.05, 0) is 55.7 Å². The Labute approximate surface area is 222 Å². The molecule has 4 rings (SSSR count). The Balaban J connectivity index is 1.49. The zero-order valence-electron chi connectivity index (χ0n) is 21.9. The summed E-state index contributed by atoms with van der Waals surface area (Å²) in [6, 6.07) is 0.344. The van der Waals surface area contributed by atoms with Crippen LogP contribution in [0.5, 0.6) is 0 Å². The highest BCUT2D eigenvalue weighted by atomic mass is 32.1. The molecule has 3 N–H and O–H groups in total. The van der Waals surface area contributed by atoms with E-state index in [0.717, 1.165) is 24.0 Å². The fourth-order valence-corrected chi connectivity index (χ4v) is 5.12. The molecule has 1 unspecified atom stereocenters. The average molecular weight is 516 g/mol. The van der Waals surface area contributed by atoms with Gasteiger partial charge < -0.3 is 15.3 Å². The van der Waals surface area contributed by atoms with Crippen molar-refractivity contribution in [1.82, 2.24) is 29.1 Å². The van der Waals surface area contributed by atoms with Gasteiger partial charge in [0.15, 0.2) is 5.65 Å². The summed E-state index contributed by atoms with van der Waals surface area (Å²) < 4.78 is 3.62. The lowest BCUT2D eigenvalue weighted by Crippen LogP contribution is -2.25. The van der Waals surface area contributed by atoms with Crippen molar-refractivity contribution < 1.29 is 4.79 Å². The lowest BCUT2D eigenvalue weighted by atomic mass is 9.71. The number of anilines is 1. The van der Waals surface area contributed by atoms with Gasteiger partial charge in [0.1, 0.15) is 10.2 Å². The Morgan fingerprint density at radius 1 is 1.27 bits per heavy atom. The van der Waals surface area contributed by atoms with Gasteiger partial charge in [0.2, 0.25) is 5.95 Å². The first-order valence-corrected chi connectivity index (χ1v) is 12.7. The number of carbonyl (C=O) groups is 1. The van der Waals surface area contributed by atoms with Crippen LogP contribution in [-0.2, 0) is 0 Å². The number of aromatic nitrogens is 6. The fraction of sp³-hybridized carbons (Fsp3) is 0.321. The van der Waals surface area contributed by atoms with Crippen molar-refractivity contribution in [2.45, 2.75) is 53.5 Å². The van der Waals surface area contributed by atoms with Crippen LogP contribution >= 0.6 is 12.2 Å². The number of aromatic amines is 1. The molecule has 0 spiro atoms. The number of H-pyrrole nitrogens is 1. The lowest BCUT2D eigenvalue weighted by molar-refractivity contribution is 0.0968. The highest BCUT2D eigenvalue weighted by molar-refractivity contribution is 7.71. The number of hydrogen-bond acceptors (Lipinski definition) is 6. The fourth-order valence-electron chi connectivity index (χ4n) is 4.79. The number of rotatable bonds is 6. The van der Waals surface area contributed by atoms with Crippen molar-refractivity contribution in [1.29, 1.82) is 0 Å². The number of allylic oxidation sites excluding steroid dienone is 10. The summed E-state index contributed by atoms with van der Waals surface area (Å²) in [7, 11) is 0. The summed E-state index contributed by atoms with van der Waals surface area (Å²) in [6.07, 6.45) is 21.2. The molecule has 3 aromatic heterocycles. The monoisotopic (exact) mass is 515 g/mol. The van der Waals surface area contributed by atoms with Gasteiger partial charge in [-0.15, -0.1) is 0 Å². The van der Waals surface area contributed by atoms with E-state index >= 15 is 0 Å². The Morgan fingerprint density at radius 3 is 2.78 bits per heavy atom. The molecule has 0 fully saturated rings. The van der Waals surface area contributed by atoms with Crippen molar-refractivity contribution in [3.05, 3.63) is 88.4 Å². The third kappa shape index (κ3) is 5.61. The number of carbonyl (C=O) groups excluding carboxylic acids is 1. The van der Waals surface area contributed by atoms with Gasteiger partial charge >= 0.3 is 0 Å². The summed E-state index contributed by atoms with van der Waals surface area (Å²) >= 11 is 5.39. The number of nitrogen functional groups attached to an aromatic ring is 1. The molecule has 0 radical (unpaired) electrons. The molecule has 192 valence electrons. The third-order valence-corrected chi connectivity index (χ3v) is 7.24. The number of fused-ring (bicyclic) bond motifs is 1. The third-order valence-electron chi connectivity index (χ3n) is 6.86. The van der Waals surface area contributed by atoms with Crippen molar-refractivity contribution >= 4 is 35.2 Å². The summed E-state index contributed by atoms with van der Waals surface area (Å²) in [5, 5.41) is 0. The van der Waals surface area contributed by atoms with E-state index in [-0.39, 0.29) is 21.9 Å². The zero-order valence-corrected chi connectivity index (χ0v) is 22.7. The maximum atomic E-state index is 12.8. The second kappa shape index (κ2) is 10.6. The predicted molar refractivity (Wildman–Crippen MR) is 151 cm³/mol. The quantitative estimate of drug-likeness (QED) is 0.227. The minimum Gasteiger partial charge on any atom is -0.369 e. The first-order valence-electron chi connectivity index (χ1n) is 12.2. The average Bonchev–Trinajstić information content (AvgIpc) is 3.51. The minimum absolute atomic E-state index is 0.0196. The molecule has 0 aliphatic heterocycles. The normalized spacial score (nSPS) is 19.0. The predicted octanol–water partition coefficient (Wildman–Crippen LogP) is 6.29. The van der Waals surface area contributed by atoms with Crippen LogP contribution in [0.3, 0.4) is 0 Å². The first kappa shape index (κ1) is 26.2. The van der Waals surface area contributed by atoms with Crippen LogP contribution in [0.25, 0.3) is 11.2 Å². The molecule has 0 saturated carbocycles. The topological polar surface area (TPSA) is 107 Å². The summed E-state index contributed by atoms with van der Waals surface area (Å²) in [6.45, 7) is 10.8. The van der Waals surface area contributed by atoms with Crippen LogP contribution in [0.4, 0.5) is 5.95 Å². The van der Waals surface area contributed by atoms with Crippen LogP contribution < -0.4 is 5.73 Å². The Bertz CT molecular complexity index is 1530. The van der Waals surface area contributed by atoms with Crippen LogP contribution in [0.2, 0.25) is 0 Å². The van der Waals surface area contributed by atoms with Gasteiger partial charge in [-0.25, -0.2) is 14.5 Å². The summed E-state index contributed by atoms with van der Waals surface area (Å²) in [5.74, 6) is -0.344. The molecule has 8 nitrogen and oxygen atoms in total. The number of nitrogens with zero attached hydrogens (tertiary/aromatic N) is 5. The molecule has 1 aliphatic rings. The largest absolute Gasteiger partial charge is 0.369 e. The first-order chi connectivity index (χ1) is 17.6. The van der Waals surface area contributed by atoms with E-state index in [2.05, 4.69) is 64.4 Å². The van der Waals surface area contributed by atoms with E-state index in [1.165, 1.54) is 28.1 Å². The SMILES string of the molecule is CC1=C(/C=C/C(C)=C/C=C/C(C)=C/C(=O)n2c(N)nc3[nH]cnc3c2=S)C(C)(C)CCC1n1ccnc1. The molecule has 0 saturated heterocycles. The highest BCUT2D eigenvalue weighted by Gasteiger charge is 2.32. The maximum absolute atomic E-state index is 12.8. The molecule has 37 heavy (non-hydrogen) atoms. The molecule has 3 aromatic rings. The van der Waals surface area contributed by atoms with Gasteiger partial charge in [0.05, 0.1) is 18.7 Å². The second-order valence-corrected chi connectivity index (χ2v) is 10.5. The van der Waals surface area contributed by atoms with Gasteiger partial charge in [-0.3, -0.25) is 4.79 Å². The molecule has 0 bridgehead atoms. The molecule has 0 aromatic carbocycles. The van der Waals surface area contributed by atoms with Gasteiger partial charge in [-0.2, -0.15) is 4.98 Å². The molecule has 9 heteroatoms. The minimum atomic E-state index is -0.364. The van der Waals surface area contributed by atoms with Crippen molar-refractivity contribution in [2.75, 3.05) is 5.73 Å². The van der Waals surface area contributed by atoms with Crippen molar-refractivity contribution in [3.63, 3.8) is 0 Å². The Hall–Kier alpha value is -3.85. The molecular formula is C28H33N7OS. The van der Waals surface area contributed by atoms with Crippen LogP contribution in [0, 0.1) is 10.1 Å². The maximum Gasteiger partial charge on any atom is 0.258 e. The van der Waals surface area contributed by atoms with Crippen molar-refractivity contribution in [2.24, 2.45) is 5.41 Å². The van der Waals surface area contributed by atoms with Crippen LogP contribution in [-0.4, -0.2) is 35.0 Å². The van der Waals surface area contributed by atoms with Gasteiger partial charge in [0.25, 0.3) is 5.91 Å². The smallest absolute Gasteiger partial charge is 0.258 e. The van der Waals surface area contributed by atoms with E-state index < -0.39 is 0 Å². The van der Waals surface area contributed by atoms with Gasteiger partial charge in [-0.1, -0.05) is 62.0 Å². The number of nitrogens with one attached hydrogen (secondary N) is 1. The van der Waals surface area contributed by atoms with E-state index in [4.69, 9.17) is 18.0 Å². The van der Waals surface area contributed by atoms with Crippen molar-refractivity contribution in [3.8, 4) is 0 Å². The Kier molecular flexibility index (Phi) is 7.54. The summed E-state index contributed by atoms with van der Waals surface area (Å²) in [4.78, 5) is 28.2. The molecular weight excluding hydrogens is 482 g/mol. The highest BCUT2D eigenvalue weighted by Crippen LogP contribution is 2.45. The summed E-state index contributed by atoms with van der Waals surface area (Å²) in [5.41, 5.74) is 11.6. The molecule has 3 heterocycles. The van der Waals surface area contributed by atoms with E-state index in [1.54, 1.807) is 0 Å².